The lowest BCUT2D eigenvalue weighted by Crippen LogP contribution is -2.52. The molecule has 0 aromatic rings. The van der Waals surface area contributed by atoms with Crippen LogP contribution in [0, 0.1) is 11.8 Å². The Balaban J connectivity index is 1.80. The van der Waals surface area contributed by atoms with E-state index in [2.05, 4.69) is 17.1 Å². The van der Waals surface area contributed by atoms with Crippen LogP contribution >= 0.6 is 0 Å². The molecule has 2 fully saturated rings. The van der Waals surface area contributed by atoms with Crippen LogP contribution in [0.5, 0.6) is 0 Å². The summed E-state index contributed by atoms with van der Waals surface area (Å²) in [7, 11) is 1.44. The average Bonchev–Trinajstić information content (AvgIpc) is 2.55. The summed E-state index contributed by atoms with van der Waals surface area (Å²) < 4.78 is 4.81. The van der Waals surface area contributed by atoms with Crippen molar-refractivity contribution in [3.8, 4) is 0 Å². The largest absolute Gasteiger partial charge is 0.469 e. The summed E-state index contributed by atoms with van der Waals surface area (Å²) in [5.41, 5.74) is 0. The summed E-state index contributed by atoms with van der Waals surface area (Å²) in [5, 5.41) is 3.24. The number of nitrogens with zero attached hydrogens (tertiary/aromatic N) is 1. The van der Waals surface area contributed by atoms with Crippen LogP contribution in [-0.4, -0.2) is 49.1 Å². The van der Waals surface area contributed by atoms with E-state index in [0.29, 0.717) is 12.0 Å². The molecule has 126 valence electrons. The van der Waals surface area contributed by atoms with Crippen molar-refractivity contribution in [3.05, 3.63) is 0 Å². The van der Waals surface area contributed by atoms with Gasteiger partial charge in [0.2, 0.25) is 5.91 Å². The molecule has 2 rings (SSSR count). The predicted molar refractivity (Wildman–Crippen MR) is 85.3 cm³/mol. The fourth-order valence-electron chi connectivity index (χ4n) is 3.69. The van der Waals surface area contributed by atoms with Gasteiger partial charge in [-0.1, -0.05) is 19.8 Å². The fraction of sp³-hybridized carbons (Fsp3) is 0.882. The van der Waals surface area contributed by atoms with E-state index in [1.54, 1.807) is 0 Å². The van der Waals surface area contributed by atoms with Crippen molar-refractivity contribution in [3.63, 3.8) is 0 Å². The lowest BCUT2D eigenvalue weighted by molar-refractivity contribution is -0.147. The highest BCUT2D eigenvalue weighted by Gasteiger charge is 2.31. The van der Waals surface area contributed by atoms with Crippen LogP contribution in [0.15, 0.2) is 0 Å². The summed E-state index contributed by atoms with van der Waals surface area (Å²) in [6.07, 6.45) is 6.38. The van der Waals surface area contributed by atoms with Gasteiger partial charge in [-0.05, 0) is 51.6 Å². The molecule has 0 bridgehead atoms. The van der Waals surface area contributed by atoms with Gasteiger partial charge in [-0.2, -0.15) is 0 Å². The Kier molecular flexibility index (Phi) is 6.24. The van der Waals surface area contributed by atoms with E-state index in [1.807, 2.05) is 6.92 Å². The molecule has 5 heteroatoms. The zero-order valence-corrected chi connectivity index (χ0v) is 14.1. The zero-order valence-electron chi connectivity index (χ0n) is 14.1. The molecule has 1 saturated heterocycles. The fourth-order valence-corrected chi connectivity index (χ4v) is 3.69. The van der Waals surface area contributed by atoms with Gasteiger partial charge in [-0.3, -0.25) is 14.5 Å². The first kappa shape index (κ1) is 17.3. The van der Waals surface area contributed by atoms with Crippen molar-refractivity contribution in [1.29, 1.82) is 0 Å². The molecule has 1 saturated carbocycles. The Hall–Kier alpha value is -1.10. The number of rotatable bonds is 4. The smallest absolute Gasteiger partial charge is 0.308 e. The summed E-state index contributed by atoms with van der Waals surface area (Å²) in [4.78, 5) is 26.2. The van der Waals surface area contributed by atoms with Crippen molar-refractivity contribution in [2.45, 2.75) is 64.5 Å². The minimum absolute atomic E-state index is 0.00474. The monoisotopic (exact) mass is 310 g/mol. The first-order valence-corrected chi connectivity index (χ1v) is 8.65. The van der Waals surface area contributed by atoms with E-state index < -0.39 is 0 Å². The van der Waals surface area contributed by atoms with E-state index in [9.17, 15) is 9.59 Å². The zero-order chi connectivity index (χ0) is 16.1. The standard InChI is InChI=1S/C17H30N2O3/c1-12-6-4-5-7-15(12)18-16(20)13(2)19-10-8-14(9-11-19)17(21)22-3/h12-15H,4-11H2,1-3H3,(H,18,20)/t12-,13-,15+/m1/s1. The van der Waals surface area contributed by atoms with E-state index >= 15 is 0 Å². The second-order valence-electron chi connectivity index (χ2n) is 6.89. The molecule has 0 aromatic carbocycles. The van der Waals surface area contributed by atoms with Gasteiger partial charge in [0.05, 0.1) is 19.1 Å². The number of methoxy groups -OCH3 is 1. The van der Waals surface area contributed by atoms with Crippen LogP contribution in [0.2, 0.25) is 0 Å². The van der Waals surface area contributed by atoms with Crippen molar-refractivity contribution in [1.82, 2.24) is 10.2 Å². The van der Waals surface area contributed by atoms with E-state index in [4.69, 9.17) is 4.74 Å². The molecule has 0 radical (unpaired) electrons. The summed E-state index contributed by atoms with van der Waals surface area (Å²) in [6.45, 7) is 5.78. The van der Waals surface area contributed by atoms with Gasteiger partial charge in [0.15, 0.2) is 0 Å². The number of carbonyl (C=O) groups is 2. The van der Waals surface area contributed by atoms with Gasteiger partial charge >= 0.3 is 5.97 Å². The van der Waals surface area contributed by atoms with E-state index in [0.717, 1.165) is 32.4 Å². The molecule has 0 aromatic heterocycles. The molecule has 22 heavy (non-hydrogen) atoms. The Morgan fingerprint density at radius 1 is 1.14 bits per heavy atom. The lowest BCUT2D eigenvalue weighted by Gasteiger charge is -2.36. The molecular formula is C17H30N2O3. The maximum absolute atomic E-state index is 12.5. The first-order valence-electron chi connectivity index (χ1n) is 8.65. The van der Waals surface area contributed by atoms with Crippen LogP contribution < -0.4 is 5.32 Å². The van der Waals surface area contributed by atoms with Gasteiger partial charge in [0.1, 0.15) is 0 Å². The maximum Gasteiger partial charge on any atom is 0.308 e. The summed E-state index contributed by atoms with van der Waals surface area (Å²) in [6, 6.07) is 0.212. The van der Waals surface area contributed by atoms with Gasteiger partial charge in [0.25, 0.3) is 0 Å². The normalized spacial score (nSPS) is 28.9. The second kappa shape index (κ2) is 7.95. The van der Waals surface area contributed by atoms with Crippen molar-refractivity contribution in [2.24, 2.45) is 11.8 Å². The number of nitrogens with one attached hydrogen (secondary N) is 1. The van der Waals surface area contributed by atoms with Crippen LogP contribution in [-0.2, 0) is 14.3 Å². The molecule has 1 aliphatic heterocycles. The molecule has 1 N–H and O–H groups in total. The topological polar surface area (TPSA) is 58.6 Å². The Morgan fingerprint density at radius 2 is 1.77 bits per heavy atom. The number of likely N-dealkylation sites (tertiary alicyclic amines) is 1. The molecule has 1 heterocycles. The minimum atomic E-state index is -0.118. The van der Waals surface area contributed by atoms with Gasteiger partial charge in [0, 0.05) is 6.04 Å². The van der Waals surface area contributed by atoms with Crippen LogP contribution in [0.25, 0.3) is 0 Å². The number of hydrogen-bond acceptors (Lipinski definition) is 4. The van der Waals surface area contributed by atoms with Crippen LogP contribution in [0.3, 0.4) is 0 Å². The number of carbonyl (C=O) groups excluding carboxylic acids is 2. The third kappa shape index (κ3) is 4.22. The average molecular weight is 310 g/mol. The van der Waals surface area contributed by atoms with Gasteiger partial charge < -0.3 is 10.1 Å². The lowest BCUT2D eigenvalue weighted by atomic mass is 9.86. The third-order valence-corrected chi connectivity index (χ3v) is 5.43. The number of amides is 1. The second-order valence-corrected chi connectivity index (χ2v) is 6.89. The third-order valence-electron chi connectivity index (χ3n) is 5.43. The summed E-state index contributed by atoms with van der Waals surface area (Å²) >= 11 is 0. The molecule has 0 unspecified atom stereocenters. The van der Waals surface area contributed by atoms with Crippen LogP contribution in [0.1, 0.15) is 52.4 Å². The van der Waals surface area contributed by atoms with Crippen LogP contribution in [0.4, 0.5) is 0 Å². The number of piperidine rings is 1. The molecule has 1 aliphatic carbocycles. The molecule has 2 aliphatic rings. The first-order chi connectivity index (χ1) is 10.5. The van der Waals surface area contributed by atoms with Gasteiger partial charge in [-0.15, -0.1) is 0 Å². The number of hydrogen-bond donors (Lipinski definition) is 1. The molecule has 0 spiro atoms. The molecule has 3 atom stereocenters. The van der Waals surface area contributed by atoms with E-state index in [1.165, 1.54) is 26.4 Å². The molecular weight excluding hydrogens is 280 g/mol. The maximum atomic E-state index is 12.5. The van der Waals surface area contributed by atoms with Gasteiger partial charge in [-0.25, -0.2) is 0 Å². The Morgan fingerprint density at radius 3 is 2.36 bits per heavy atom. The molecule has 5 nitrogen and oxygen atoms in total. The highest BCUT2D eigenvalue weighted by molar-refractivity contribution is 5.81. The number of esters is 1. The predicted octanol–water partition coefficient (Wildman–Crippen LogP) is 1.95. The minimum Gasteiger partial charge on any atom is -0.469 e. The quantitative estimate of drug-likeness (QED) is 0.806. The van der Waals surface area contributed by atoms with Crippen molar-refractivity contribution < 1.29 is 14.3 Å². The SMILES string of the molecule is COC(=O)C1CCN([C@H](C)C(=O)N[C@H]2CCCC[C@H]2C)CC1. The highest BCUT2D eigenvalue weighted by Crippen LogP contribution is 2.24. The van der Waals surface area contributed by atoms with Crippen molar-refractivity contribution >= 4 is 11.9 Å². The Labute approximate surface area is 133 Å². The molecule has 1 amide bonds. The number of ether oxygens (including phenoxy) is 1. The Bertz CT molecular complexity index is 391. The highest BCUT2D eigenvalue weighted by atomic mass is 16.5. The van der Waals surface area contributed by atoms with E-state index in [-0.39, 0.29) is 23.8 Å². The summed E-state index contributed by atoms with van der Waals surface area (Å²) in [5.74, 6) is 0.591. The van der Waals surface area contributed by atoms with Crippen molar-refractivity contribution in [2.75, 3.05) is 20.2 Å².